The second-order valence-electron chi connectivity index (χ2n) is 5.79. The number of aromatic nitrogens is 3. The molecular weight excluding hydrogens is 403 g/mol. The molecule has 140 valence electrons. The number of carbonyl (C=O) groups excluding carboxylic acids is 1. The second kappa shape index (κ2) is 9.26. The van der Waals surface area contributed by atoms with Crippen molar-refractivity contribution >= 4 is 40.9 Å². The van der Waals surface area contributed by atoms with Crippen LogP contribution in [0, 0.1) is 0 Å². The molecular formula is C19H18Cl2N4OS. The normalized spacial score (nSPS) is 10.8. The van der Waals surface area contributed by atoms with E-state index in [1.807, 2.05) is 54.0 Å². The van der Waals surface area contributed by atoms with Crippen LogP contribution in [0.1, 0.15) is 12.5 Å². The number of thioether (sulfide) groups is 1. The third-order valence-corrected chi connectivity index (χ3v) is 5.32. The predicted octanol–water partition coefficient (Wildman–Crippen LogP) is 4.71. The Kier molecular flexibility index (Phi) is 6.77. The zero-order chi connectivity index (χ0) is 19.2. The molecule has 1 aromatic heterocycles. The zero-order valence-corrected chi connectivity index (χ0v) is 17.0. The van der Waals surface area contributed by atoms with Crippen molar-refractivity contribution in [3.05, 3.63) is 70.5 Å². The minimum atomic E-state index is 0.0307. The molecule has 0 N–H and O–H groups in total. The van der Waals surface area contributed by atoms with Gasteiger partial charge in [0.2, 0.25) is 5.91 Å². The molecule has 0 fully saturated rings. The number of nitrogens with zero attached hydrogens (tertiary/aromatic N) is 4. The van der Waals surface area contributed by atoms with Gasteiger partial charge in [-0.05, 0) is 42.8 Å². The highest BCUT2D eigenvalue weighted by Crippen LogP contribution is 2.22. The quantitative estimate of drug-likeness (QED) is 0.519. The summed E-state index contributed by atoms with van der Waals surface area (Å²) in [7, 11) is 0. The lowest BCUT2D eigenvalue weighted by Gasteiger charge is -2.21. The van der Waals surface area contributed by atoms with Gasteiger partial charge in [0.1, 0.15) is 6.33 Å². The van der Waals surface area contributed by atoms with E-state index in [0.29, 0.717) is 28.3 Å². The number of carbonyl (C=O) groups is 1. The Bertz CT molecular complexity index is 931. The van der Waals surface area contributed by atoms with Crippen molar-refractivity contribution in [2.24, 2.45) is 0 Å². The first-order chi connectivity index (χ1) is 13.1. The summed E-state index contributed by atoms with van der Waals surface area (Å²) in [6, 6.07) is 15.0. The molecule has 0 saturated carbocycles. The molecule has 0 spiro atoms. The highest BCUT2D eigenvalue weighted by molar-refractivity contribution is 7.99. The molecule has 1 amide bonds. The number of hydrogen-bond acceptors (Lipinski definition) is 4. The molecule has 0 unspecified atom stereocenters. The van der Waals surface area contributed by atoms with Crippen molar-refractivity contribution in [1.29, 1.82) is 0 Å². The first-order valence-corrected chi connectivity index (χ1v) is 10.1. The second-order valence-corrected chi connectivity index (χ2v) is 7.61. The van der Waals surface area contributed by atoms with Gasteiger partial charge in [-0.25, -0.2) is 0 Å². The summed E-state index contributed by atoms with van der Waals surface area (Å²) in [5.74, 6) is 0.302. The van der Waals surface area contributed by atoms with Gasteiger partial charge in [0.05, 0.1) is 11.4 Å². The Hall–Kier alpha value is -2.02. The Morgan fingerprint density at radius 2 is 1.89 bits per heavy atom. The molecule has 5 nitrogen and oxygen atoms in total. The SMILES string of the molecule is CCN(Cc1cccc(Cl)c1)C(=O)CSc1nncn1-c1cccc(Cl)c1. The predicted molar refractivity (Wildman–Crippen MR) is 110 cm³/mol. The first-order valence-electron chi connectivity index (χ1n) is 8.38. The molecule has 3 aromatic rings. The number of halogens is 2. The fourth-order valence-corrected chi connectivity index (χ4v) is 3.80. The van der Waals surface area contributed by atoms with E-state index in [4.69, 9.17) is 23.2 Å². The van der Waals surface area contributed by atoms with Gasteiger partial charge in [0, 0.05) is 23.1 Å². The van der Waals surface area contributed by atoms with Crippen LogP contribution in [0.3, 0.4) is 0 Å². The van der Waals surface area contributed by atoms with Crippen molar-refractivity contribution in [3.63, 3.8) is 0 Å². The summed E-state index contributed by atoms with van der Waals surface area (Å²) in [4.78, 5) is 14.4. The van der Waals surface area contributed by atoms with Crippen LogP contribution in [0.2, 0.25) is 10.0 Å². The highest BCUT2D eigenvalue weighted by atomic mass is 35.5. The van der Waals surface area contributed by atoms with Gasteiger partial charge in [-0.1, -0.05) is 53.2 Å². The maximum atomic E-state index is 12.7. The Balaban J connectivity index is 1.66. The molecule has 0 bridgehead atoms. The summed E-state index contributed by atoms with van der Waals surface area (Å²) in [5, 5.41) is 10.0. The van der Waals surface area contributed by atoms with Gasteiger partial charge in [-0.3, -0.25) is 9.36 Å². The van der Waals surface area contributed by atoms with E-state index < -0.39 is 0 Å². The molecule has 8 heteroatoms. The average molecular weight is 421 g/mol. The minimum absolute atomic E-state index is 0.0307. The number of rotatable bonds is 7. The maximum Gasteiger partial charge on any atom is 0.233 e. The van der Waals surface area contributed by atoms with E-state index in [0.717, 1.165) is 11.3 Å². The minimum Gasteiger partial charge on any atom is -0.338 e. The van der Waals surface area contributed by atoms with E-state index in [1.54, 1.807) is 17.3 Å². The lowest BCUT2D eigenvalue weighted by atomic mass is 10.2. The van der Waals surface area contributed by atoms with Crippen LogP contribution in [0.25, 0.3) is 5.69 Å². The van der Waals surface area contributed by atoms with E-state index >= 15 is 0 Å². The largest absolute Gasteiger partial charge is 0.338 e. The van der Waals surface area contributed by atoms with Gasteiger partial charge >= 0.3 is 0 Å². The van der Waals surface area contributed by atoms with E-state index in [-0.39, 0.29) is 11.7 Å². The number of benzene rings is 2. The molecule has 3 rings (SSSR count). The van der Waals surface area contributed by atoms with Crippen LogP contribution in [0.5, 0.6) is 0 Å². The Morgan fingerprint density at radius 1 is 1.15 bits per heavy atom. The van der Waals surface area contributed by atoms with E-state index in [9.17, 15) is 4.79 Å². The summed E-state index contributed by atoms with van der Waals surface area (Å²) in [6.45, 7) is 3.10. The zero-order valence-electron chi connectivity index (χ0n) is 14.7. The van der Waals surface area contributed by atoms with Gasteiger partial charge in [-0.15, -0.1) is 10.2 Å². The molecule has 0 aliphatic carbocycles. The van der Waals surface area contributed by atoms with E-state index in [2.05, 4.69) is 10.2 Å². The number of amides is 1. The summed E-state index contributed by atoms with van der Waals surface area (Å²) < 4.78 is 1.82. The molecule has 0 aliphatic heterocycles. The Labute approximate surface area is 172 Å². The van der Waals surface area contributed by atoms with Gasteiger partial charge < -0.3 is 4.90 Å². The lowest BCUT2D eigenvalue weighted by Crippen LogP contribution is -2.31. The Morgan fingerprint density at radius 3 is 2.59 bits per heavy atom. The van der Waals surface area contributed by atoms with Crippen molar-refractivity contribution < 1.29 is 4.79 Å². The third-order valence-electron chi connectivity index (χ3n) is 3.92. The lowest BCUT2D eigenvalue weighted by molar-refractivity contribution is -0.128. The topological polar surface area (TPSA) is 51.0 Å². The van der Waals surface area contributed by atoms with Crippen molar-refractivity contribution in [1.82, 2.24) is 19.7 Å². The van der Waals surface area contributed by atoms with Gasteiger partial charge in [0.15, 0.2) is 5.16 Å². The van der Waals surface area contributed by atoms with Crippen LogP contribution in [0.15, 0.2) is 60.0 Å². The van der Waals surface area contributed by atoms with Crippen LogP contribution < -0.4 is 0 Å². The van der Waals surface area contributed by atoms with E-state index in [1.165, 1.54) is 11.8 Å². The molecule has 0 radical (unpaired) electrons. The molecule has 0 aliphatic rings. The first kappa shape index (κ1) is 19.7. The van der Waals surface area contributed by atoms with Crippen LogP contribution in [-0.2, 0) is 11.3 Å². The molecule has 2 aromatic carbocycles. The highest BCUT2D eigenvalue weighted by Gasteiger charge is 2.15. The van der Waals surface area contributed by atoms with Crippen molar-refractivity contribution in [3.8, 4) is 5.69 Å². The van der Waals surface area contributed by atoms with Crippen LogP contribution in [-0.4, -0.2) is 37.9 Å². The average Bonchev–Trinajstić information content (AvgIpc) is 3.13. The fraction of sp³-hybridized carbons (Fsp3) is 0.211. The fourth-order valence-electron chi connectivity index (χ4n) is 2.58. The monoisotopic (exact) mass is 420 g/mol. The van der Waals surface area contributed by atoms with Crippen LogP contribution in [0.4, 0.5) is 0 Å². The standard InChI is InChI=1S/C19H18Cl2N4OS/c1-2-24(11-14-5-3-6-15(20)9-14)18(26)12-27-19-23-22-13-25(19)17-8-4-7-16(21)10-17/h3-10,13H,2,11-12H2,1H3. The molecule has 0 saturated heterocycles. The van der Waals surface area contributed by atoms with Crippen molar-refractivity contribution in [2.45, 2.75) is 18.6 Å². The summed E-state index contributed by atoms with van der Waals surface area (Å²) >= 11 is 13.4. The molecule has 27 heavy (non-hydrogen) atoms. The number of hydrogen-bond donors (Lipinski definition) is 0. The van der Waals surface area contributed by atoms with Crippen LogP contribution >= 0.6 is 35.0 Å². The maximum absolute atomic E-state index is 12.7. The third kappa shape index (κ3) is 5.25. The molecule has 1 heterocycles. The summed E-state index contributed by atoms with van der Waals surface area (Å²) in [6.07, 6.45) is 1.61. The smallest absolute Gasteiger partial charge is 0.233 e. The molecule has 0 atom stereocenters. The van der Waals surface area contributed by atoms with Gasteiger partial charge in [0.25, 0.3) is 0 Å². The van der Waals surface area contributed by atoms with Gasteiger partial charge in [-0.2, -0.15) is 0 Å². The van der Waals surface area contributed by atoms with Crippen molar-refractivity contribution in [2.75, 3.05) is 12.3 Å². The summed E-state index contributed by atoms with van der Waals surface area (Å²) in [5.41, 5.74) is 1.86.